The minimum Gasteiger partial charge on any atom is -0.480 e. The number of carboxylic acid groups (broad SMARTS) is 1. The number of nitrogens with two attached hydrogens (primary N) is 1. The number of aliphatic carboxylic acids is 1. The summed E-state index contributed by atoms with van der Waals surface area (Å²) in [5.74, 6) is -0.945. The lowest BCUT2D eigenvalue weighted by atomic mass is 9.79. The summed E-state index contributed by atoms with van der Waals surface area (Å²) in [7, 11) is 0. The number of carboxylic acids is 1. The van der Waals surface area contributed by atoms with E-state index in [0.29, 0.717) is 13.0 Å². The van der Waals surface area contributed by atoms with Crippen LogP contribution >= 0.6 is 0 Å². The number of carbonyl (C=O) groups is 2. The number of amides is 1. The Morgan fingerprint density at radius 3 is 2.50 bits per heavy atom. The highest BCUT2D eigenvalue weighted by molar-refractivity contribution is 5.84. The Balaban J connectivity index is 2.04. The summed E-state index contributed by atoms with van der Waals surface area (Å²) in [6.07, 6.45) is 7.13. The van der Waals surface area contributed by atoms with Crippen molar-refractivity contribution in [3.63, 3.8) is 0 Å². The molecule has 2 fully saturated rings. The van der Waals surface area contributed by atoms with Gasteiger partial charge < -0.3 is 15.7 Å². The highest BCUT2D eigenvalue weighted by atomic mass is 16.4. The van der Waals surface area contributed by atoms with Crippen LogP contribution < -0.4 is 5.73 Å². The van der Waals surface area contributed by atoms with E-state index < -0.39 is 17.6 Å². The lowest BCUT2D eigenvalue weighted by Gasteiger charge is -2.40. The van der Waals surface area contributed by atoms with E-state index in [1.807, 2.05) is 6.92 Å². The Morgan fingerprint density at radius 2 is 1.90 bits per heavy atom. The van der Waals surface area contributed by atoms with Gasteiger partial charge in [-0.25, -0.2) is 4.79 Å². The highest BCUT2D eigenvalue weighted by Gasteiger charge is 2.39. The molecule has 0 bridgehead atoms. The Kier molecular flexibility index (Phi) is 4.68. The summed E-state index contributed by atoms with van der Waals surface area (Å²) >= 11 is 0. The molecule has 1 saturated carbocycles. The summed E-state index contributed by atoms with van der Waals surface area (Å²) in [6, 6.07) is -0.677. The van der Waals surface area contributed by atoms with Crippen LogP contribution in [-0.4, -0.2) is 40.0 Å². The Labute approximate surface area is 120 Å². The van der Waals surface area contributed by atoms with E-state index >= 15 is 0 Å². The number of nitrogens with zero attached hydrogens (tertiary/aromatic N) is 1. The van der Waals surface area contributed by atoms with Gasteiger partial charge in [0.25, 0.3) is 0 Å². The van der Waals surface area contributed by atoms with Crippen molar-refractivity contribution in [2.45, 2.75) is 69.9 Å². The van der Waals surface area contributed by atoms with Gasteiger partial charge in [-0.2, -0.15) is 0 Å². The Hall–Kier alpha value is -1.10. The summed E-state index contributed by atoms with van der Waals surface area (Å²) in [5, 5.41) is 9.37. The quantitative estimate of drug-likeness (QED) is 0.826. The first-order chi connectivity index (χ1) is 9.43. The van der Waals surface area contributed by atoms with Crippen LogP contribution in [0.25, 0.3) is 0 Å². The maximum atomic E-state index is 12.5. The topological polar surface area (TPSA) is 83.6 Å². The molecule has 5 heteroatoms. The van der Waals surface area contributed by atoms with Crippen LogP contribution in [-0.2, 0) is 9.59 Å². The van der Waals surface area contributed by atoms with E-state index in [2.05, 4.69) is 0 Å². The molecular formula is C15H26N2O3. The zero-order chi connectivity index (χ0) is 14.8. The zero-order valence-corrected chi connectivity index (χ0v) is 12.3. The smallest absolute Gasteiger partial charge is 0.326 e. The molecule has 114 valence electrons. The summed E-state index contributed by atoms with van der Waals surface area (Å²) in [5.41, 5.74) is 5.91. The molecule has 0 radical (unpaired) electrons. The molecule has 3 N–H and O–H groups in total. The van der Waals surface area contributed by atoms with Gasteiger partial charge in [-0.1, -0.05) is 26.2 Å². The fourth-order valence-electron chi connectivity index (χ4n) is 3.68. The minimum absolute atomic E-state index is 0.0188. The molecule has 5 nitrogen and oxygen atoms in total. The van der Waals surface area contributed by atoms with Crippen LogP contribution in [0.15, 0.2) is 0 Å². The van der Waals surface area contributed by atoms with Crippen LogP contribution in [0, 0.1) is 5.92 Å². The molecule has 0 spiro atoms. The molecule has 0 aromatic carbocycles. The molecule has 1 aliphatic heterocycles. The molecule has 0 aromatic heterocycles. The number of likely N-dealkylation sites (tertiary alicyclic amines) is 1. The Bertz CT molecular complexity index is 377. The second-order valence-electron chi connectivity index (χ2n) is 6.59. The monoisotopic (exact) mass is 282 g/mol. The van der Waals surface area contributed by atoms with Gasteiger partial charge in [0.05, 0.1) is 0 Å². The van der Waals surface area contributed by atoms with Crippen LogP contribution in [0.4, 0.5) is 0 Å². The van der Waals surface area contributed by atoms with Gasteiger partial charge in [0.2, 0.25) is 5.91 Å². The van der Waals surface area contributed by atoms with Crippen molar-refractivity contribution in [1.29, 1.82) is 0 Å². The van der Waals surface area contributed by atoms with Crippen LogP contribution in [0.1, 0.15) is 58.3 Å². The van der Waals surface area contributed by atoms with E-state index in [0.717, 1.165) is 38.5 Å². The van der Waals surface area contributed by atoms with Gasteiger partial charge in [-0.3, -0.25) is 4.79 Å². The van der Waals surface area contributed by atoms with Crippen molar-refractivity contribution < 1.29 is 14.7 Å². The van der Waals surface area contributed by atoms with Gasteiger partial charge in [-0.05, 0) is 31.6 Å². The molecule has 2 unspecified atom stereocenters. The fraction of sp³-hybridized carbons (Fsp3) is 0.867. The second kappa shape index (κ2) is 6.12. The van der Waals surface area contributed by atoms with E-state index in [9.17, 15) is 14.7 Å². The van der Waals surface area contributed by atoms with Gasteiger partial charge in [-0.15, -0.1) is 0 Å². The van der Waals surface area contributed by atoms with E-state index in [4.69, 9.17) is 5.73 Å². The number of rotatable bonds is 3. The van der Waals surface area contributed by atoms with Crippen LogP contribution in [0.5, 0.6) is 0 Å². The molecule has 1 amide bonds. The molecule has 2 atom stereocenters. The summed E-state index contributed by atoms with van der Waals surface area (Å²) in [6.45, 7) is 2.47. The third-order valence-electron chi connectivity index (χ3n) is 4.86. The Morgan fingerprint density at radius 1 is 1.25 bits per heavy atom. The van der Waals surface area contributed by atoms with Gasteiger partial charge in [0.1, 0.15) is 6.04 Å². The predicted molar refractivity (Wildman–Crippen MR) is 76.2 cm³/mol. The van der Waals surface area contributed by atoms with Gasteiger partial charge >= 0.3 is 5.97 Å². The molecule has 2 rings (SSSR count). The first kappa shape index (κ1) is 15.3. The average Bonchev–Trinajstić information content (AvgIpc) is 2.38. The van der Waals surface area contributed by atoms with E-state index in [1.165, 1.54) is 6.42 Å². The van der Waals surface area contributed by atoms with E-state index in [1.54, 1.807) is 4.90 Å². The molecule has 1 aliphatic carbocycles. The van der Waals surface area contributed by atoms with Crippen molar-refractivity contribution in [1.82, 2.24) is 4.90 Å². The number of hydrogen-bond donors (Lipinski definition) is 2. The number of piperidine rings is 1. The van der Waals surface area contributed by atoms with Gasteiger partial charge in [0, 0.05) is 18.5 Å². The zero-order valence-electron chi connectivity index (χ0n) is 12.3. The fourth-order valence-corrected chi connectivity index (χ4v) is 3.68. The number of carbonyl (C=O) groups excluding carboxylic acids is 1. The van der Waals surface area contributed by atoms with Crippen molar-refractivity contribution in [2.24, 2.45) is 11.7 Å². The standard InChI is InChI=1S/C15H26N2O3/c1-11-6-5-9-17(13(11)14(19)20)12(18)10-15(16)7-3-2-4-8-15/h11,13H,2-10,16H2,1H3,(H,19,20). The average molecular weight is 282 g/mol. The minimum atomic E-state index is -0.889. The molecule has 0 aromatic rings. The van der Waals surface area contributed by atoms with Crippen LogP contribution in [0.3, 0.4) is 0 Å². The lowest BCUT2D eigenvalue weighted by molar-refractivity contribution is -0.155. The maximum absolute atomic E-state index is 12.5. The normalized spacial score (nSPS) is 30.0. The third-order valence-corrected chi connectivity index (χ3v) is 4.86. The first-order valence-corrected chi connectivity index (χ1v) is 7.74. The van der Waals surface area contributed by atoms with Crippen molar-refractivity contribution >= 4 is 11.9 Å². The van der Waals surface area contributed by atoms with Crippen molar-refractivity contribution in [3.8, 4) is 0 Å². The molecule has 20 heavy (non-hydrogen) atoms. The molecular weight excluding hydrogens is 256 g/mol. The predicted octanol–water partition coefficient (Wildman–Crippen LogP) is 1.75. The third kappa shape index (κ3) is 3.32. The van der Waals surface area contributed by atoms with Crippen molar-refractivity contribution in [3.05, 3.63) is 0 Å². The second-order valence-corrected chi connectivity index (χ2v) is 6.59. The number of hydrogen-bond acceptors (Lipinski definition) is 3. The van der Waals surface area contributed by atoms with Gasteiger partial charge in [0.15, 0.2) is 0 Å². The highest BCUT2D eigenvalue weighted by Crippen LogP contribution is 2.31. The maximum Gasteiger partial charge on any atom is 0.326 e. The lowest BCUT2D eigenvalue weighted by Crippen LogP contribution is -2.55. The SMILES string of the molecule is CC1CCCN(C(=O)CC2(N)CCCCC2)C1C(=O)O. The first-order valence-electron chi connectivity index (χ1n) is 7.74. The summed E-state index contributed by atoms with van der Waals surface area (Å²) < 4.78 is 0. The summed E-state index contributed by atoms with van der Waals surface area (Å²) in [4.78, 5) is 25.5. The largest absolute Gasteiger partial charge is 0.480 e. The molecule has 1 saturated heterocycles. The van der Waals surface area contributed by atoms with Crippen LogP contribution in [0.2, 0.25) is 0 Å². The molecule has 1 heterocycles. The van der Waals surface area contributed by atoms with Crippen molar-refractivity contribution in [2.75, 3.05) is 6.54 Å². The molecule has 2 aliphatic rings. The van der Waals surface area contributed by atoms with E-state index in [-0.39, 0.29) is 11.8 Å².